The number of carboxylic acids is 1. The first-order valence-corrected chi connectivity index (χ1v) is 8.59. The lowest BCUT2D eigenvalue weighted by molar-refractivity contribution is -0.141. The van der Waals surface area contributed by atoms with Gasteiger partial charge in [0.2, 0.25) is 0 Å². The summed E-state index contributed by atoms with van der Waals surface area (Å²) in [6, 6.07) is 6.86. The van der Waals surface area contributed by atoms with Crippen molar-refractivity contribution < 1.29 is 24.2 Å². The molecule has 0 aliphatic carbocycles. The Morgan fingerprint density at radius 1 is 1.24 bits per heavy atom. The zero-order valence-electron chi connectivity index (χ0n) is 14.8. The number of carboxylic acid groups (broad SMARTS) is 1. The molecule has 0 radical (unpaired) electrons. The second-order valence-corrected chi connectivity index (χ2v) is 6.15. The van der Waals surface area contributed by atoms with Gasteiger partial charge in [-0.15, -0.1) is 0 Å². The number of methoxy groups -OCH3 is 1. The van der Waals surface area contributed by atoms with Crippen molar-refractivity contribution in [1.82, 2.24) is 9.80 Å². The number of amides is 1. The van der Waals surface area contributed by atoms with Crippen molar-refractivity contribution in [2.24, 2.45) is 5.92 Å². The fourth-order valence-electron chi connectivity index (χ4n) is 2.87. The normalized spacial score (nSPS) is 17.3. The Kier molecular flexibility index (Phi) is 7.06. The molecule has 0 spiro atoms. The van der Waals surface area contributed by atoms with E-state index in [1.54, 1.807) is 36.3 Å². The summed E-state index contributed by atoms with van der Waals surface area (Å²) < 4.78 is 10.5. The number of ether oxygens (including phenoxy) is 2. The molecular formula is C18H26N2O5. The molecule has 1 aliphatic rings. The predicted octanol–water partition coefficient (Wildman–Crippen LogP) is 2.31. The zero-order valence-corrected chi connectivity index (χ0v) is 14.8. The first kappa shape index (κ1) is 19.1. The molecule has 0 aromatic heterocycles. The molecule has 1 atom stereocenters. The summed E-state index contributed by atoms with van der Waals surface area (Å²) in [5, 5.41) is 9.06. The molecule has 138 valence electrons. The van der Waals surface area contributed by atoms with Crippen LogP contribution in [0.25, 0.3) is 0 Å². The van der Waals surface area contributed by atoms with Gasteiger partial charge in [-0.3, -0.25) is 4.79 Å². The Morgan fingerprint density at radius 3 is 2.48 bits per heavy atom. The van der Waals surface area contributed by atoms with Gasteiger partial charge in [-0.2, -0.15) is 0 Å². The molecule has 7 nitrogen and oxygen atoms in total. The molecule has 1 aromatic rings. The Balaban J connectivity index is 1.86. The van der Waals surface area contributed by atoms with Gasteiger partial charge in [0.15, 0.2) is 0 Å². The molecule has 7 heteroatoms. The van der Waals surface area contributed by atoms with Crippen LogP contribution < -0.4 is 9.47 Å². The molecule has 1 N–H and O–H groups in total. The minimum atomic E-state index is -0.744. The fourth-order valence-corrected chi connectivity index (χ4v) is 2.87. The van der Waals surface area contributed by atoms with Crippen LogP contribution in [0.3, 0.4) is 0 Å². The number of rotatable bonds is 8. The van der Waals surface area contributed by atoms with Gasteiger partial charge in [0, 0.05) is 26.2 Å². The van der Waals surface area contributed by atoms with Crippen LogP contribution in [0.2, 0.25) is 0 Å². The molecule has 1 saturated heterocycles. The molecule has 1 unspecified atom stereocenters. The SMILES string of the molecule is CCCN(CCN1CCC(C(=O)O)C1)C(=O)Oc1ccc(OC)cc1. The van der Waals surface area contributed by atoms with Crippen molar-refractivity contribution in [1.29, 1.82) is 0 Å². The third kappa shape index (κ3) is 5.63. The fraction of sp³-hybridized carbons (Fsp3) is 0.556. The number of carbonyl (C=O) groups is 2. The van der Waals surface area contributed by atoms with Crippen LogP contribution in [0, 0.1) is 5.92 Å². The van der Waals surface area contributed by atoms with Crippen LogP contribution in [-0.2, 0) is 4.79 Å². The number of hydrogen-bond donors (Lipinski definition) is 1. The van der Waals surface area contributed by atoms with E-state index >= 15 is 0 Å². The molecular weight excluding hydrogens is 324 g/mol. The molecule has 1 amide bonds. The average molecular weight is 350 g/mol. The second-order valence-electron chi connectivity index (χ2n) is 6.15. The highest BCUT2D eigenvalue weighted by Crippen LogP contribution is 2.18. The van der Waals surface area contributed by atoms with Crippen molar-refractivity contribution in [2.45, 2.75) is 19.8 Å². The summed E-state index contributed by atoms with van der Waals surface area (Å²) in [4.78, 5) is 27.2. The number of likely N-dealkylation sites (tertiary alicyclic amines) is 1. The third-order valence-electron chi connectivity index (χ3n) is 4.32. The summed E-state index contributed by atoms with van der Waals surface area (Å²) in [6.07, 6.45) is 1.11. The van der Waals surface area contributed by atoms with Crippen molar-refractivity contribution in [3.8, 4) is 11.5 Å². The Bertz CT molecular complexity index is 575. The van der Waals surface area contributed by atoms with E-state index in [2.05, 4.69) is 4.90 Å². The molecule has 1 heterocycles. The molecule has 2 rings (SSSR count). The van der Waals surface area contributed by atoms with Gasteiger partial charge < -0.3 is 24.4 Å². The number of carbonyl (C=O) groups excluding carboxylic acids is 1. The van der Waals surface area contributed by atoms with E-state index in [0.717, 1.165) is 13.0 Å². The zero-order chi connectivity index (χ0) is 18.2. The molecule has 1 aliphatic heterocycles. The standard InChI is InChI=1S/C18H26N2O5/c1-3-9-20(12-11-19-10-8-14(13-19)17(21)22)18(23)25-16-6-4-15(24-2)5-7-16/h4-7,14H,3,8-13H2,1-2H3,(H,21,22). The lowest BCUT2D eigenvalue weighted by Crippen LogP contribution is -2.40. The highest BCUT2D eigenvalue weighted by Gasteiger charge is 2.28. The van der Waals surface area contributed by atoms with Crippen LogP contribution in [0.15, 0.2) is 24.3 Å². The summed E-state index contributed by atoms with van der Waals surface area (Å²) >= 11 is 0. The van der Waals surface area contributed by atoms with Crippen molar-refractivity contribution in [2.75, 3.05) is 39.8 Å². The van der Waals surface area contributed by atoms with E-state index < -0.39 is 5.97 Å². The van der Waals surface area contributed by atoms with Gasteiger partial charge in [-0.1, -0.05) is 6.92 Å². The van der Waals surface area contributed by atoms with E-state index in [1.165, 1.54) is 0 Å². The van der Waals surface area contributed by atoms with Gasteiger partial charge in [0.25, 0.3) is 0 Å². The lowest BCUT2D eigenvalue weighted by Gasteiger charge is -2.24. The van der Waals surface area contributed by atoms with Crippen LogP contribution in [-0.4, -0.2) is 66.8 Å². The average Bonchev–Trinajstić information content (AvgIpc) is 3.08. The molecule has 0 saturated carbocycles. The Hall–Kier alpha value is -2.28. The van der Waals surface area contributed by atoms with E-state index in [4.69, 9.17) is 14.6 Å². The molecule has 0 bridgehead atoms. The largest absolute Gasteiger partial charge is 0.497 e. The maximum Gasteiger partial charge on any atom is 0.415 e. The maximum atomic E-state index is 12.4. The number of aliphatic carboxylic acids is 1. The van der Waals surface area contributed by atoms with Gasteiger partial charge >= 0.3 is 12.1 Å². The summed E-state index contributed by atoms with van der Waals surface area (Å²) in [6.45, 7) is 5.08. The summed E-state index contributed by atoms with van der Waals surface area (Å²) in [5.74, 6) is 0.129. The summed E-state index contributed by atoms with van der Waals surface area (Å²) in [5.41, 5.74) is 0. The van der Waals surface area contributed by atoms with E-state index in [1.807, 2.05) is 6.92 Å². The first-order valence-electron chi connectivity index (χ1n) is 8.59. The molecule has 1 aromatic carbocycles. The van der Waals surface area contributed by atoms with Gasteiger partial charge in [-0.25, -0.2) is 4.79 Å². The van der Waals surface area contributed by atoms with Crippen molar-refractivity contribution >= 4 is 12.1 Å². The number of nitrogens with zero attached hydrogens (tertiary/aromatic N) is 2. The topological polar surface area (TPSA) is 79.3 Å². The van der Waals surface area contributed by atoms with E-state index in [9.17, 15) is 9.59 Å². The van der Waals surface area contributed by atoms with Gasteiger partial charge in [0.05, 0.1) is 13.0 Å². The van der Waals surface area contributed by atoms with Crippen molar-refractivity contribution in [3.05, 3.63) is 24.3 Å². The highest BCUT2D eigenvalue weighted by molar-refractivity contribution is 5.71. The van der Waals surface area contributed by atoms with E-state index in [-0.39, 0.29) is 12.0 Å². The number of hydrogen-bond acceptors (Lipinski definition) is 5. The number of benzene rings is 1. The minimum absolute atomic E-state index is 0.300. The highest BCUT2D eigenvalue weighted by atomic mass is 16.6. The monoisotopic (exact) mass is 350 g/mol. The van der Waals surface area contributed by atoms with Crippen molar-refractivity contribution in [3.63, 3.8) is 0 Å². The smallest absolute Gasteiger partial charge is 0.415 e. The first-order chi connectivity index (χ1) is 12.0. The van der Waals surface area contributed by atoms with E-state index in [0.29, 0.717) is 44.1 Å². The van der Waals surface area contributed by atoms with Gasteiger partial charge in [0.1, 0.15) is 11.5 Å². The van der Waals surface area contributed by atoms with Crippen LogP contribution in [0.5, 0.6) is 11.5 Å². The molecule has 1 fully saturated rings. The van der Waals surface area contributed by atoms with Crippen LogP contribution in [0.1, 0.15) is 19.8 Å². The predicted molar refractivity (Wildman–Crippen MR) is 93.1 cm³/mol. The van der Waals surface area contributed by atoms with Crippen LogP contribution in [0.4, 0.5) is 4.79 Å². The Morgan fingerprint density at radius 2 is 1.92 bits per heavy atom. The lowest BCUT2D eigenvalue weighted by atomic mass is 10.1. The van der Waals surface area contributed by atoms with Crippen LogP contribution >= 0.6 is 0 Å². The Labute approximate surface area is 148 Å². The minimum Gasteiger partial charge on any atom is -0.497 e. The quantitative estimate of drug-likeness (QED) is 0.775. The molecule has 25 heavy (non-hydrogen) atoms. The summed E-state index contributed by atoms with van der Waals surface area (Å²) in [7, 11) is 1.58. The maximum absolute atomic E-state index is 12.4. The second kappa shape index (κ2) is 9.27. The third-order valence-corrected chi connectivity index (χ3v) is 4.32. The van der Waals surface area contributed by atoms with Gasteiger partial charge in [-0.05, 0) is 43.7 Å².